The van der Waals surface area contributed by atoms with Crippen LogP contribution in [0.3, 0.4) is 0 Å². The molecule has 3 heteroatoms. The molecule has 2 atom stereocenters. The molecule has 1 aromatic rings. The molecule has 1 fully saturated rings. The molecular weight excluding hydrogens is 286 g/mol. The predicted molar refractivity (Wildman–Crippen MR) is 92.6 cm³/mol. The molecule has 2 rings (SSSR count). The van der Waals surface area contributed by atoms with Crippen molar-refractivity contribution in [3.63, 3.8) is 0 Å². The zero-order chi connectivity index (χ0) is 16.9. The molecule has 1 aromatic carbocycles. The summed E-state index contributed by atoms with van der Waals surface area (Å²) < 4.78 is 5.95. The molecule has 1 aliphatic heterocycles. The Hall–Kier alpha value is -2.05. The van der Waals surface area contributed by atoms with E-state index in [1.807, 2.05) is 41.3 Å². The molecule has 0 saturated carbocycles. The number of hydrogen-bond acceptors (Lipinski definition) is 2. The van der Waals surface area contributed by atoms with Crippen molar-refractivity contribution in [3.8, 4) is 12.3 Å². The first-order valence-corrected chi connectivity index (χ1v) is 8.01. The third-order valence-corrected chi connectivity index (χ3v) is 4.39. The van der Waals surface area contributed by atoms with Gasteiger partial charge < -0.3 is 9.64 Å². The lowest BCUT2D eigenvalue weighted by Crippen LogP contribution is -2.70. The van der Waals surface area contributed by atoms with E-state index in [9.17, 15) is 4.79 Å². The quantitative estimate of drug-likeness (QED) is 0.418. The number of nitrogens with zero attached hydrogens (tertiary/aromatic N) is 1. The average molecular weight is 311 g/mol. The van der Waals surface area contributed by atoms with Crippen LogP contribution in [0.4, 0.5) is 0 Å². The SMILES string of the molecule is C#CCCN1C(=O)[C@@H](OCc2ccccc2)[C@H]1C(C)(C)CC=C. The minimum Gasteiger partial charge on any atom is -0.361 e. The van der Waals surface area contributed by atoms with Gasteiger partial charge in [-0.2, -0.15) is 0 Å². The molecule has 0 radical (unpaired) electrons. The number of β-lactam (4-membered cyclic amide) rings is 1. The molecular formula is C20H25NO2. The summed E-state index contributed by atoms with van der Waals surface area (Å²) in [5.41, 5.74) is 0.980. The Balaban J connectivity index is 2.08. The summed E-state index contributed by atoms with van der Waals surface area (Å²) in [6.07, 6.45) is 8.24. The van der Waals surface area contributed by atoms with Gasteiger partial charge in [-0.3, -0.25) is 4.79 Å². The Bertz CT molecular complexity index is 585. The van der Waals surface area contributed by atoms with Crippen molar-refractivity contribution >= 4 is 5.91 Å². The number of carbonyl (C=O) groups excluding carboxylic acids is 1. The van der Waals surface area contributed by atoms with Gasteiger partial charge in [0, 0.05) is 13.0 Å². The normalized spacial score (nSPS) is 20.7. The van der Waals surface area contributed by atoms with E-state index >= 15 is 0 Å². The summed E-state index contributed by atoms with van der Waals surface area (Å²) in [4.78, 5) is 14.3. The maximum absolute atomic E-state index is 12.5. The van der Waals surface area contributed by atoms with Gasteiger partial charge in [0.25, 0.3) is 5.91 Å². The summed E-state index contributed by atoms with van der Waals surface area (Å²) >= 11 is 0. The number of hydrogen-bond donors (Lipinski definition) is 0. The largest absolute Gasteiger partial charge is 0.361 e. The molecule has 3 nitrogen and oxygen atoms in total. The predicted octanol–water partition coefficient (Wildman–Crippen LogP) is 3.41. The molecule has 0 N–H and O–H groups in total. The second-order valence-corrected chi connectivity index (χ2v) is 6.63. The molecule has 0 aliphatic carbocycles. The lowest BCUT2D eigenvalue weighted by Gasteiger charge is -2.53. The Kier molecular flexibility index (Phi) is 5.63. The van der Waals surface area contributed by atoms with E-state index in [1.165, 1.54) is 0 Å². The highest BCUT2D eigenvalue weighted by molar-refractivity contribution is 5.88. The number of rotatable bonds is 8. The van der Waals surface area contributed by atoms with Crippen LogP contribution in [0.5, 0.6) is 0 Å². The highest BCUT2D eigenvalue weighted by atomic mass is 16.5. The number of terminal acetylenes is 1. The Morgan fingerprint density at radius 2 is 2.09 bits per heavy atom. The second kappa shape index (κ2) is 7.48. The molecule has 0 spiro atoms. The van der Waals surface area contributed by atoms with Gasteiger partial charge in [0.1, 0.15) is 0 Å². The van der Waals surface area contributed by atoms with Crippen LogP contribution < -0.4 is 0 Å². The lowest BCUT2D eigenvalue weighted by atomic mass is 9.73. The van der Waals surface area contributed by atoms with Crippen LogP contribution in [0.15, 0.2) is 43.0 Å². The highest BCUT2D eigenvalue weighted by Crippen LogP contribution is 2.40. The van der Waals surface area contributed by atoms with E-state index in [-0.39, 0.29) is 17.4 Å². The van der Waals surface area contributed by atoms with Gasteiger partial charge in [0.05, 0.1) is 12.6 Å². The van der Waals surface area contributed by atoms with E-state index < -0.39 is 6.10 Å². The topological polar surface area (TPSA) is 29.5 Å². The van der Waals surface area contributed by atoms with Crippen molar-refractivity contribution in [2.75, 3.05) is 6.54 Å². The van der Waals surface area contributed by atoms with Crippen LogP contribution in [0, 0.1) is 17.8 Å². The van der Waals surface area contributed by atoms with Crippen LogP contribution in [-0.4, -0.2) is 29.5 Å². The molecule has 0 bridgehead atoms. The third kappa shape index (κ3) is 3.83. The Morgan fingerprint density at radius 1 is 1.39 bits per heavy atom. The number of likely N-dealkylation sites (tertiary alicyclic amines) is 1. The van der Waals surface area contributed by atoms with Crippen LogP contribution >= 0.6 is 0 Å². The van der Waals surface area contributed by atoms with Gasteiger partial charge in [0.2, 0.25) is 0 Å². The molecule has 1 heterocycles. The molecule has 0 unspecified atom stereocenters. The van der Waals surface area contributed by atoms with Gasteiger partial charge >= 0.3 is 0 Å². The summed E-state index contributed by atoms with van der Waals surface area (Å²) in [6, 6.07) is 9.95. The van der Waals surface area contributed by atoms with Gasteiger partial charge in [-0.15, -0.1) is 18.9 Å². The van der Waals surface area contributed by atoms with Crippen molar-refractivity contribution in [1.82, 2.24) is 4.90 Å². The third-order valence-electron chi connectivity index (χ3n) is 4.39. The van der Waals surface area contributed by atoms with Crippen molar-refractivity contribution < 1.29 is 9.53 Å². The fourth-order valence-electron chi connectivity index (χ4n) is 3.20. The van der Waals surface area contributed by atoms with Gasteiger partial charge in [0.15, 0.2) is 6.10 Å². The number of allylic oxidation sites excluding steroid dienone is 1. The van der Waals surface area contributed by atoms with E-state index in [4.69, 9.17) is 11.2 Å². The number of ether oxygens (including phenoxy) is 1. The molecule has 0 aromatic heterocycles. The van der Waals surface area contributed by atoms with Crippen molar-refractivity contribution in [2.24, 2.45) is 5.41 Å². The molecule has 1 amide bonds. The standard InChI is InChI=1S/C20H25NO2/c1-5-7-14-21-18(20(3,4)13-6-2)17(19(21)22)23-15-16-11-9-8-10-12-16/h1,6,8-12,17-18H,2,7,13-15H2,3-4H3/t17-,18-/m0/s1. The molecule has 122 valence electrons. The van der Waals surface area contributed by atoms with Crippen LogP contribution in [0.2, 0.25) is 0 Å². The summed E-state index contributed by atoms with van der Waals surface area (Å²) in [5, 5.41) is 0. The smallest absolute Gasteiger partial charge is 0.254 e. The van der Waals surface area contributed by atoms with Crippen LogP contribution in [0.1, 0.15) is 32.3 Å². The number of amides is 1. The number of benzene rings is 1. The molecule has 1 saturated heterocycles. The maximum Gasteiger partial charge on any atom is 0.254 e. The zero-order valence-electron chi connectivity index (χ0n) is 14.0. The monoisotopic (exact) mass is 311 g/mol. The highest BCUT2D eigenvalue weighted by Gasteiger charge is 2.54. The lowest BCUT2D eigenvalue weighted by molar-refractivity contribution is -0.187. The summed E-state index contributed by atoms with van der Waals surface area (Å²) in [7, 11) is 0. The first kappa shape index (κ1) is 17.3. The van der Waals surface area contributed by atoms with Crippen molar-refractivity contribution in [3.05, 3.63) is 48.6 Å². The van der Waals surface area contributed by atoms with Crippen molar-refractivity contribution in [2.45, 2.75) is 45.4 Å². The number of carbonyl (C=O) groups is 1. The van der Waals surface area contributed by atoms with Crippen LogP contribution in [-0.2, 0) is 16.1 Å². The van der Waals surface area contributed by atoms with E-state index in [0.29, 0.717) is 19.6 Å². The van der Waals surface area contributed by atoms with Gasteiger partial charge in [-0.25, -0.2) is 0 Å². The first-order valence-electron chi connectivity index (χ1n) is 8.01. The first-order chi connectivity index (χ1) is 11.0. The average Bonchev–Trinajstić information content (AvgIpc) is 2.53. The van der Waals surface area contributed by atoms with E-state index in [2.05, 4.69) is 26.3 Å². The van der Waals surface area contributed by atoms with Crippen molar-refractivity contribution in [1.29, 1.82) is 0 Å². The van der Waals surface area contributed by atoms with Crippen LogP contribution in [0.25, 0.3) is 0 Å². The molecule has 1 aliphatic rings. The summed E-state index contributed by atoms with van der Waals surface area (Å²) in [6.45, 7) is 9.16. The Morgan fingerprint density at radius 3 is 2.70 bits per heavy atom. The van der Waals surface area contributed by atoms with E-state index in [0.717, 1.165) is 12.0 Å². The fraction of sp³-hybridized carbons (Fsp3) is 0.450. The second-order valence-electron chi connectivity index (χ2n) is 6.63. The zero-order valence-corrected chi connectivity index (χ0v) is 14.0. The minimum atomic E-state index is -0.400. The minimum absolute atomic E-state index is 0.0325. The van der Waals surface area contributed by atoms with E-state index in [1.54, 1.807) is 0 Å². The van der Waals surface area contributed by atoms with Gasteiger partial charge in [-0.1, -0.05) is 50.3 Å². The molecule has 23 heavy (non-hydrogen) atoms. The van der Waals surface area contributed by atoms with Gasteiger partial charge in [-0.05, 0) is 17.4 Å². The summed E-state index contributed by atoms with van der Waals surface area (Å²) in [5.74, 6) is 2.65. The Labute approximate surface area is 139 Å². The fourth-order valence-corrected chi connectivity index (χ4v) is 3.20. The maximum atomic E-state index is 12.5.